The molecule has 14 atom stereocenters. The highest BCUT2D eigenvalue weighted by molar-refractivity contribution is 5.91. The number of carbonyl (C=O) groups excluding carboxylic acids is 2. The summed E-state index contributed by atoms with van der Waals surface area (Å²) < 4.78 is 11.1. The molecule has 238 valence electrons. The number of fused-ring (bicyclic) bond motifs is 5. The Morgan fingerprint density at radius 2 is 1.79 bits per heavy atom. The van der Waals surface area contributed by atoms with Gasteiger partial charge in [-0.3, -0.25) is 9.59 Å². The molecule has 0 radical (unpaired) electrons. The van der Waals surface area contributed by atoms with Gasteiger partial charge in [0.1, 0.15) is 30.2 Å². The molecule has 3 saturated carbocycles. The molecule has 4 fully saturated rings. The number of allylic oxidation sites excluding steroid dienone is 1. The average Bonchev–Trinajstić information content (AvgIpc) is 3.24. The second-order valence-electron chi connectivity index (χ2n) is 14.8. The van der Waals surface area contributed by atoms with E-state index in [-0.39, 0.29) is 46.8 Å². The molecule has 0 aromatic carbocycles. The van der Waals surface area contributed by atoms with Crippen molar-refractivity contribution in [2.45, 2.75) is 122 Å². The maximum absolute atomic E-state index is 13.5. The van der Waals surface area contributed by atoms with Crippen LogP contribution in [0, 0.1) is 46.3 Å². The topological polar surface area (TPSA) is 154 Å². The normalized spacial score (nSPS) is 46.7. The summed E-state index contributed by atoms with van der Waals surface area (Å²) in [5, 5.41) is 50.9. The van der Waals surface area contributed by atoms with Crippen molar-refractivity contribution in [1.29, 1.82) is 0 Å². The Bertz CT molecular complexity index is 1040. The number of hydrogen-bond donors (Lipinski definition) is 5. The smallest absolute Gasteiger partial charge is 0.186 e. The van der Waals surface area contributed by atoms with E-state index in [1.165, 1.54) is 5.57 Å². The fraction of sp³-hybridized carbons (Fsp3) is 0.879. The van der Waals surface area contributed by atoms with Gasteiger partial charge in [0.2, 0.25) is 0 Å². The van der Waals surface area contributed by atoms with Crippen molar-refractivity contribution >= 4 is 11.6 Å². The highest BCUT2D eigenvalue weighted by atomic mass is 16.7. The third-order valence-corrected chi connectivity index (χ3v) is 12.4. The number of aliphatic hydroxyl groups excluding tert-OH is 5. The van der Waals surface area contributed by atoms with Crippen LogP contribution in [-0.2, 0) is 19.1 Å². The summed E-state index contributed by atoms with van der Waals surface area (Å²) in [5.74, 6) is 1.48. The lowest BCUT2D eigenvalue weighted by molar-refractivity contribution is -0.303. The van der Waals surface area contributed by atoms with E-state index in [1.807, 2.05) is 19.9 Å². The summed E-state index contributed by atoms with van der Waals surface area (Å²) in [6.45, 7) is 8.27. The number of Topliss-reactive ketones (excluding diaryl/α,β-unsaturated/α-hetero) is 1. The maximum atomic E-state index is 13.5. The van der Waals surface area contributed by atoms with Gasteiger partial charge < -0.3 is 35.0 Å². The van der Waals surface area contributed by atoms with Gasteiger partial charge in [-0.25, -0.2) is 0 Å². The fourth-order valence-electron chi connectivity index (χ4n) is 9.88. The second kappa shape index (κ2) is 12.3. The van der Waals surface area contributed by atoms with E-state index < -0.39 is 43.4 Å². The minimum atomic E-state index is -1.49. The van der Waals surface area contributed by atoms with Crippen molar-refractivity contribution in [2.75, 3.05) is 13.2 Å². The number of aliphatic hydroxyl groups is 5. The molecule has 5 rings (SSSR count). The van der Waals surface area contributed by atoms with E-state index in [2.05, 4.69) is 13.8 Å². The van der Waals surface area contributed by atoms with E-state index in [9.17, 15) is 35.1 Å². The van der Waals surface area contributed by atoms with Gasteiger partial charge >= 0.3 is 0 Å². The van der Waals surface area contributed by atoms with Crippen LogP contribution >= 0.6 is 0 Å². The van der Waals surface area contributed by atoms with Gasteiger partial charge in [-0.2, -0.15) is 0 Å². The molecule has 5 N–H and O–H groups in total. The van der Waals surface area contributed by atoms with Gasteiger partial charge in [0.25, 0.3) is 0 Å². The summed E-state index contributed by atoms with van der Waals surface area (Å²) in [6.07, 6.45) is 2.21. The van der Waals surface area contributed by atoms with Crippen LogP contribution in [0.4, 0.5) is 0 Å². The summed E-state index contributed by atoms with van der Waals surface area (Å²) >= 11 is 0. The summed E-state index contributed by atoms with van der Waals surface area (Å²) in [4.78, 5) is 25.7. The first kappa shape index (κ1) is 32.2. The third-order valence-electron chi connectivity index (χ3n) is 12.4. The maximum Gasteiger partial charge on any atom is 0.186 e. The highest BCUT2D eigenvalue weighted by Gasteiger charge is 2.62. The Morgan fingerprint density at radius 3 is 2.50 bits per heavy atom. The average molecular weight is 593 g/mol. The van der Waals surface area contributed by atoms with Crippen molar-refractivity contribution < 1.29 is 44.6 Å². The minimum Gasteiger partial charge on any atom is -0.394 e. The molecule has 42 heavy (non-hydrogen) atoms. The number of carbonyl (C=O) groups is 2. The molecular formula is C33H52O9. The molecule has 0 unspecified atom stereocenters. The van der Waals surface area contributed by atoms with Crippen molar-refractivity contribution in [3.8, 4) is 0 Å². The van der Waals surface area contributed by atoms with Gasteiger partial charge in [-0.15, -0.1) is 0 Å². The van der Waals surface area contributed by atoms with Crippen LogP contribution in [0.5, 0.6) is 0 Å². The van der Waals surface area contributed by atoms with Crippen LogP contribution in [0.15, 0.2) is 11.6 Å². The molecule has 1 aliphatic heterocycles. The van der Waals surface area contributed by atoms with E-state index in [0.717, 1.165) is 38.5 Å². The molecule has 1 heterocycles. The molecular weight excluding hydrogens is 540 g/mol. The molecule has 9 nitrogen and oxygen atoms in total. The molecule has 1 saturated heterocycles. The second-order valence-corrected chi connectivity index (χ2v) is 14.8. The van der Waals surface area contributed by atoms with Crippen LogP contribution in [0.3, 0.4) is 0 Å². The summed E-state index contributed by atoms with van der Waals surface area (Å²) in [7, 11) is 0. The zero-order valence-corrected chi connectivity index (χ0v) is 25.7. The number of ketones is 2. The van der Waals surface area contributed by atoms with E-state index >= 15 is 0 Å². The van der Waals surface area contributed by atoms with Crippen LogP contribution in [0.2, 0.25) is 0 Å². The molecule has 0 aromatic rings. The van der Waals surface area contributed by atoms with Gasteiger partial charge in [-0.1, -0.05) is 33.3 Å². The largest absolute Gasteiger partial charge is 0.394 e. The predicted octanol–water partition coefficient (Wildman–Crippen LogP) is 2.54. The summed E-state index contributed by atoms with van der Waals surface area (Å²) in [5.41, 5.74) is 1.33. The Labute approximate surface area is 249 Å². The third kappa shape index (κ3) is 5.57. The Hall–Kier alpha value is -1.20. The molecule has 0 bridgehead atoms. The van der Waals surface area contributed by atoms with Gasteiger partial charge in [-0.05, 0) is 91.4 Å². The zero-order chi connectivity index (χ0) is 30.6. The first-order valence-corrected chi connectivity index (χ1v) is 16.2. The lowest BCUT2D eigenvalue weighted by atomic mass is 9.46. The zero-order valence-electron chi connectivity index (χ0n) is 25.7. The van der Waals surface area contributed by atoms with Crippen LogP contribution in [0.25, 0.3) is 0 Å². The van der Waals surface area contributed by atoms with E-state index in [4.69, 9.17) is 9.47 Å². The highest BCUT2D eigenvalue weighted by Crippen LogP contribution is 2.67. The molecule has 5 aliphatic rings. The Balaban J connectivity index is 1.17. The quantitative estimate of drug-likeness (QED) is 0.272. The van der Waals surface area contributed by atoms with Crippen LogP contribution in [0.1, 0.15) is 85.5 Å². The number of rotatable bonds is 9. The Morgan fingerprint density at radius 1 is 1.05 bits per heavy atom. The van der Waals surface area contributed by atoms with Crippen molar-refractivity contribution in [3.05, 3.63) is 11.6 Å². The van der Waals surface area contributed by atoms with Crippen molar-refractivity contribution in [3.63, 3.8) is 0 Å². The van der Waals surface area contributed by atoms with Gasteiger partial charge in [0, 0.05) is 18.8 Å². The van der Waals surface area contributed by atoms with Gasteiger partial charge in [0.05, 0.1) is 19.3 Å². The van der Waals surface area contributed by atoms with Crippen LogP contribution in [-0.4, -0.2) is 87.1 Å². The van der Waals surface area contributed by atoms with Crippen molar-refractivity contribution in [2.24, 2.45) is 46.3 Å². The van der Waals surface area contributed by atoms with E-state index in [0.29, 0.717) is 37.0 Å². The first-order chi connectivity index (χ1) is 19.8. The monoisotopic (exact) mass is 592 g/mol. The SMILES string of the molecule is C[C@H](CCC(=O)[C@@H](C)[C@H]1[C@H](O)C[C@H]2[C@@H]3CCC4=CC(=O)CC[C@]4(C)[C@H]3CC[C@]12C)CO[C@@H]1O[C@H](CO)[C@@H](O)[C@H](O)[C@H]1O. The molecule has 0 aromatic heterocycles. The first-order valence-electron chi connectivity index (χ1n) is 16.2. The molecule has 4 aliphatic carbocycles. The van der Waals surface area contributed by atoms with E-state index in [1.54, 1.807) is 0 Å². The van der Waals surface area contributed by atoms with Crippen molar-refractivity contribution in [1.82, 2.24) is 0 Å². The van der Waals surface area contributed by atoms with Gasteiger partial charge in [0.15, 0.2) is 12.1 Å². The Kier molecular flexibility index (Phi) is 9.43. The number of hydrogen-bond acceptors (Lipinski definition) is 9. The lowest BCUT2D eigenvalue weighted by Gasteiger charge is -2.58. The molecule has 0 amide bonds. The molecule has 0 spiro atoms. The van der Waals surface area contributed by atoms with Crippen LogP contribution < -0.4 is 0 Å². The number of ether oxygens (including phenoxy) is 2. The lowest BCUT2D eigenvalue weighted by Crippen LogP contribution is -2.59. The minimum absolute atomic E-state index is 0.0339. The standard InChI is InChI=1S/C33H52O9/c1-17(16-41-31-30(40)29(39)28(38)26(15-34)42-31)5-8-24(36)18(2)27-25(37)14-23-21-7-6-19-13-20(35)9-11-32(19,3)22(21)10-12-33(23,27)4/h13,17-18,21-23,25-31,34,37-40H,5-12,14-16H2,1-4H3/t17-,18-,21-,22+,23+,25-,26-,27+,28-,29+,30-,31-,32+,33+/m1/s1. The predicted molar refractivity (Wildman–Crippen MR) is 154 cm³/mol. The fourth-order valence-corrected chi connectivity index (χ4v) is 9.88. The summed E-state index contributed by atoms with van der Waals surface area (Å²) in [6, 6.07) is 0. The molecule has 9 heteroatoms.